The first kappa shape index (κ1) is 13.4. The minimum Gasteiger partial charge on any atom is -0.381 e. The SMILES string of the molecule is CCCn1cc(CNc2cccc(I)c2C)cn1. The van der Waals surface area contributed by atoms with Crippen LogP contribution in [-0.2, 0) is 13.1 Å². The molecule has 96 valence electrons. The minimum absolute atomic E-state index is 0.824. The lowest BCUT2D eigenvalue weighted by Crippen LogP contribution is -2.01. The molecule has 1 aromatic carbocycles. The molecule has 1 heterocycles. The molecule has 0 atom stereocenters. The average Bonchev–Trinajstić information content (AvgIpc) is 2.79. The Morgan fingerprint density at radius 3 is 3.00 bits per heavy atom. The van der Waals surface area contributed by atoms with Crippen LogP contribution in [0.4, 0.5) is 5.69 Å². The Hall–Kier alpha value is -1.04. The molecule has 2 aromatic rings. The second kappa shape index (κ2) is 6.22. The van der Waals surface area contributed by atoms with Gasteiger partial charge in [0.05, 0.1) is 6.20 Å². The van der Waals surface area contributed by atoms with Crippen molar-refractivity contribution in [2.75, 3.05) is 5.32 Å². The lowest BCUT2D eigenvalue weighted by atomic mass is 10.2. The van der Waals surface area contributed by atoms with Crippen LogP contribution in [0.2, 0.25) is 0 Å². The van der Waals surface area contributed by atoms with Crippen molar-refractivity contribution in [2.45, 2.75) is 33.4 Å². The Labute approximate surface area is 122 Å². The van der Waals surface area contributed by atoms with E-state index in [0.717, 1.165) is 19.5 Å². The normalized spacial score (nSPS) is 10.6. The molecule has 0 saturated heterocycles. The van der Waals surface area contributed by atoms with Crippen molar-refractivity contribution in [1.82, 2.24) is 9.78 Å². The van der Waals surface area contributed by atoms with E-state index < -0.39 is 0 Å². The maximum atomic E-state index is 4.33. The van der Waals surface area contributed by atoms with E-state index in [1.807, 2.05) is 10.9 Å². The van der Waals surface area contributed by atoms with Crippen LogP contribution in [0.3, 0.4) is 0 Å². The van der Waals surface area contributed by atoms with E-state index in [1.54, 1.807) is 0 Å². The number of hydrogen-bond acceptors (Lipinski definition) is 2. The molecule has 2 rings (SSSR count). The van der Waals surface area contributed by atoms with E-state index in [9.17, 15) is 0 Å². The van der Waals surface area contributed by atoms with E-state index in [-0.39, 0.29) is 0 Å². The molecule has 1 N–H and O–H groups in total. The van der Waals surface area contributed by atoms with Gasteiger partial charge in [0, 0.05) is 34.1 Å². The predicted octanol–water partition coefficient (Wildman–Crippen LogP) is 3.82. The van der Waals surface area contributed by atoms with Gasteiger partial charge < -0.3 is 5.32 Å². The first-order valence-electron chi connectivity index (χ1n) is 6.21. The van der Waals surface area contributed by atoms with Crippen LogP contribution >= 0.6 is 22.6 Å². The number of aromatic nitrogens is 2. The predicted molar refractivity (Wildman–Crippen MR) is 83.7 cm³/mol. The summed E-state index contributed by atoms with van der Waals surface area (Å²) in [6, 6.07) is 6.33. The van der Waals surface area contributed by atoms with Crippen molar-refractivity contribution in [3.63, 3.8) is 0 Å². The summed E-state index contributed by atoms with van der Waals surface area (Å²) in [7, 11) is 0. The van der Waals surface area contributed by atoms with Gasteiger partial charge in [-0.25, -0.2) is 0 Å². The van der Waals surface area contributed by atoms with Crippen LogP contribution in [0.25, 0.3) is 0 Å². The Balaban J connectivity index is 2.00. The summed E-state index contributed by atoms with van der Waals surface area (Å²) >= 11 is 2.36. The number of nitrogens with zero attached hydrogens (tertiary/aromatic N) is 2. The number of anilines is 1. The fraction of sp³-hybridized carbons (Fsp3) is 0.357. The second-order valence-corrected chi connectivity index (χ2v) is 5.54. The molecule has 0 aliphatic carbocycles. The topological polar surface area (TPSA) is 29.9 Å². The van der Waals surface area contributed by atoms with Gasteiger partial charge in [-0.15, -0.1) is 0 Å². The molecule has 0 amide bonds. The number of aryl methyl sites for hydroxylation is 1. The van der Waals surface area contributed by atoms with E-state index >= 15 is 0 Å². The van der Waals surface area contributed by atoms with E-state index in [4.69, 9.17) is 0 Å². The molecular weight excluding hydrogens is 337 g/mol. The van der Waals surface area contributed by atoms with Crippen LogP contribution in [-0.4, -0.2) is 9.78 Å². The molecule has 0 bridgehead atoms. The molecule has 18 heavy (non-hydrogen) atoms. The zero-order chi connectivity index (χ0) is 13.0. The summed E-state index contributed by atoms with van der Waals surface area (Å²) < 4.78 is 3.29. The standard InChI is InChI=1S/C14H18IN3/c1-3-7-18-10-12(9-17-18)8-16-14-6-4-5-13(15)11(14)2/h4-6,9-10,16H,3,7-8H2,1-2H3. The van der Waals surface area contributed by atoms with Crippen molar-refractivity contribution in [1.29, 1.82) is 0 Å². The number of halogens is 1. The van der Waals surface area contributed by atoms with Crippen LogP contribution in [0, 0.1) is 10.5 Å². The van der Waals surface area contributed by atoms with Crippen molar-refractivity contribution in [3.05, 3.63) is 45.3 Å². The fourth-order valence-corrected chi connectivity index (χ4v) is 2.34. The van der Waals surface area contributed by atoms with Gasteiger partial charge in [0.15, 0.2) is 0 Å². The molecule has 1 aromatic heterocycles. The fourth-order valence-electron chi connectivity index (χ4n) is 1.85. The molecule has 0 radical (unpaired) electrons. The van der Waals surface area contributed by atoms with Gasteiger partial charge in [0.1, 0.15) is 0 Å². The Morgan fingerprint density at radius 1 is 1.39 bits per heavy atom. The Bertz CT molecular complexity index is 520. The maximum Gasteiger partial charge on any atom is 0.0539 e. The average molecular weight is 355 g/mol. The van der Waals surface area contributed by atoms with Gasteiger partial charge in [-0.05, 0) is 53.6 Å². The van der Waals surface area contributed by atoms with Crippen LogP contribution in [0.1, 0.15) is 24.5 Å². The molecule has 3 nitrogen and oxygen atoms in total. The van der Waals surface area contributed by atoms with E-state index in [0.29, 0.717) is 0 Å². The van der Waals surface area contributed by atoms with E-state index in [1.165, 1.54) is 20.4 Å². The highest BCUT2D eigenvalue weighted by Gasteiger charge is 2.02. The Kier molecular flexibility index (Phi) is 4.63. The van der Waals surface area contributed by atoms with Crippen LogP contribution in [0.5, 0.6) is 0 Å². The van der Waals surface area contributed by atoms with E-state index in [2.05, 4.69) is 71.2 Å². The maximum absolute atomic E-state index is 4.33. The summed E-state index contributed by atoms with van der Waals surface area (Å²) in [5.41, 5.74) is 3.73. The summed E-state index contributed by atoms with van der Waals surface area (Å²) in [5.74, 6) is 0. The first-order valence-corrected chi connectivity index (χ1v) is 7.29. The highest BCUT2D eigenvalue weighted by Crippen LogP contribution is 2.20. The van der Waals surface area contributed by atoms with Gasteiger partial charge in [0.2, 0.25) is 0 Å². The molecule has 4 heteroatoms. The van der Waals surface area contributed by atoms with Gasteiger partial charge in [0.25, 0.3) is 0 Å². The van der Waals surface area contributed by atoms with Gasteiger partial charge in [-0.3, -0.25) is 4.68 Å². The smallest absolute Gasteiger partial charge is 0.0539 e. The van der Waals surface area contributed by atoms with Gasteiger partial charge in [-0.1, -0.05) is 13.0 Å². The van der Waals surface area contributed by atoms with Crippen molar-refractivity contribution in [2.24, 2.45) is 0 Å². The third-order valence-corrected chi connectivity index (χ3v) is 4.06. The largest absolute Gasteiger partial charge is 0.381 e. The highest BCUT2D eigenvalue weighted by atomic mass is 127. The van der Waals surface area contributed by atoms with Crippen LogP contribution < -0.4 is 5.32 Å². The van der Waals surface area contributed by atoms with Gasteiger partial charge in [-0.2, -0.15) is 5.10 Å². The number of nitrogens with one attached hydrogen (secondary N) is 1. The highest BCUT2D eigenvalue weighted by molar-refractivity contribution is 14.1. The first-order chi connectivity index (χ1) is 8.70. The molecule has 0 aliphatic rings. The molecule has 0 spiro atoms. The van der Waals surface area contributed by atoms with Crippen molar-refractivity contribution in [3.8, 4) is 0 Å². The lowest BCUT2D eigenvalue weighted by Gasteiger charge is -2.09. The monoisotopic (exact) mass is 355 g/mol. The third kappa shape index (κ3) is 3.25. The summed E-state index contributed by atoms with van der Waals surface area (Å²) in [5, 5.41) is 7.80. The zero-order valence-electron chi connectivity index (χ0n) is 10.8. The Morgan fingerprint density at radius 2 is 2.22 bits per heavy atom. The second-order valence-electron chi connectivity index (χ2n) is 4.38. The quantitative estimate of drug-likeness (QED) is 0.827. The number of rotatable bonds is 5. The molecule has 0 fully saturated rings. The molecule has 0 saturated carbocycles. The summed E-state index contributed by atoms with van der Waals surface area (Å²) in [6.07, 6.45) is 5.16. The summed E-state index contributed by atoms with van der Waals surface area (Å²) in [4.78, 5) is 0. The zero-order valence-corrected chi connectivity index (χ0v) is 12.9. The van der Waals surface area contributed by atoms with Crippen LogP contribution in [0.15, 0.2) is 30.6 Å². The molecular formula is C14H18IN3. The lowest BCUT2D eigenvalue weighted by molar-refractivity contribution is 0.602. The summed E-state index contributed by atoms with van der Waals surface area (Å²) in [6.45, 7) is 6.12. The molecule has 0 aliphatic heterocycles. The third-order valence-electron chi connectivity index (χ3n) is 2.89. The number of benzene rings is 1. The van der Waals surface area contributed by atoms with Crippen molar-refractivity contribution < 1.29 is 0 Å². The van der Waals surface area contributed by atoms with Crippen molar-refractivity contribution >= 4 is 28.3 Å². The van der Waals surface area contributed by atoms with Gasteiger partial charge >= 0.3 is 0 Å². The number of hydrogen-bond donors (Lipinski definition) is 1. The minimum atomic E-state index is 0.824. The molecule has 0 unspecified atom stereocenters.